The number of amides is 2. The van der Waals surface area contributed by atoms with Gasteiger partial charge in [-0.3, -0.25) is 9.59 Å². The van der Waals surface area contributed by atoms with Gasteiger partial charge in [-0.1, -0.05) is 30.0 Å². The van der Waals surface area contributed by atoms with Gasteiger partial charge in [0.2, 0.25) is 5.91 Å². The van der Waals surface area contributed by atoms with Gasteiger partial charge < -0.3 is 15.5 Å². The Hall–Kier alpha value is -3.54. The average Bonchev–Trinajstić information content (AvgIpc) is 3.11. The van der Waals surface area contributed by atoms with Gasteiger partial charge in [-0.2, -0.15) is 26.3 Å². The summed E-state index contributed by atoms with van der Waals surface area (Å²) in [6.07, 6.45) is -8.88. The molecular formula is C22H16F6N4O5S2. The highest BCUT2D eigenvalue weighted by Gasteiger charge is 2.37. The zero-order chi connectivity index (χ0) is 29.1. The number of aromatic nitrogens is 1. The van der Waals surface area contributed by atoms with Crippen molar-refractivity contribution in [3.05, 3.63) is 58.1 Å². The number of benzene rings is 1. The lowest BCUT2D eigenvalue weighted by atomic mass is 10.0. The zero-order valence-electron chi connectivity index (χ0n) is 19.1. The number of pyridine rings is 1. The molecule has 4 N–H and O–H groups in total. The summed E-state index contributed by atoms with van der Waals surface area (Å²) in [6, 6.07) is 3.38. The molecule has 1 aromatic heterocycles. The highest BCUT2D eigenvalue weighted by atomic mass is 32.2. The quantitative estimate of drug-likeness (QED) is 0.207. The number of aliphatic hydroxyl groups is 1. The molecule has 1 aliphatic rings. The minimum absolute atomic E-state index is 0.00239. The number of thioether (sulfide) groups is 1. The van der Waals surface area contributed by atoms with E-state index in [0.717, 1.165) is 16.8 Å². The molecule has 2 heterocycles. The Labute approximate surface area is 224 Å². The number of hydrogen-bond acceptors (Lipinski definition) is 8. The normalized spacial score (nSPS) is 16.1. The molecule has 0 radical (unpaired) electrons. The minimum atomic E-state index is -5.04. The number of nitrogens with one attached hydrogen (secondary N) is 2. The van der Waals surface area contributed by atoms with Crippen LogP contribution in [-0.2, 0) is 26.7 Å². The molecule has 1 aromatic carbocycles. The summed E-state index contributed by atoms with van der Waals surface area (Å²) in [7, 11) is 0. The predicted molar refractivity (Wildman–Crippen MR) is 129 cm³/mol. The molecule has 9 nitrogen and oxygen atoms in total. The molecule has 2 aromatic rings. The lowest BCUT2D eigenvalue weighted by molar-refractivity contribution is -0.143. The van der Waals surface area contributed by atoms with Crippen LogP contribution in [0, 0.1) is 0 Å². The van der Waals surface area contributed by atoms with Crippen molar-refractivity contribution >= 4 is 52.2 Å². The first-order valence-corrected chi connectivity index (χ1v) is 11.7. The van der Waals surface area contributed by atoms with Crippen LogP contribution in [0.5, 0.6) is 0 Å². The predicted octanol–water partition coefficient (Wildman–Crippen LogP) is 3.05. The van der Waals surface area contributed by atoms with E-state index in [0.29, 0.717) is 12.1 Å². The summed E-state index contributed by atoms with van der Waals surface area (Å²) < 4.78 is 79.3. The van der Waals surface area contributed by atoms with Crippen molar-refractivity contribution in [2.45, 2.75) is 18.4 Å². The van der Waals surface area contributed by atoms with E-state index in [2.05, 4.69) is 10.4 Å². The number of alkyl halides is 6. The summed E-state index contributed by atoms with van der Waals surface area (Å²) in [4.78, 5) is 39.6. The first kappa shape index (κ1) is 30.0. The van der Waals surface area contributed by atoms with Gasteiger partial charge in [0.25, 0.3) is 5.91 Å². The second-order valence-electron chi connectivity index (χ2n) is 7.74. The maximum Gasteiger partial charge on any atom is 0.416 e. The Morgan fingerprint density at radius 2 is 1.72 bits per heavy atom. The van der Waals surface area contributed by atoms with Gasteiger partial charge in [-0.05, 0) is 36.4 Å². The van der Waals surface area contributed by atoms with Crippen LogP contribution < -0.4 is 10.7 Å². The van der Waals surface area contributed by atoms with E-state index in [1.807, 2.05) is 5.32 Å². The summed E-state index contributed by atoms with van der Waals surface area (Å²) in [5.41, 5.74) is -1.27. The molecule has 0 unspecified atom stereocenters. The number of aliphatic carboxylic acids is 1. The number of carbonyl (C=O) groups is 3. The molecule has 0 bridgehead atoms. The average molecular weight is 595 g/mol. The molecule has 17 heteroatoms. The number of rotatable bonds is 8. The molecule has 208 valence electrons. The van der Waals surface area contributed by atoms with Crippen molar-refractivity contribution in [1.82, 2.24) is 20.7 Å². The Balaban J connectivity index is 1.82. The van der Waals surface area contributed by atoms with Gasteiger partial charge in [0.1, 0.15) is 6.04 Å². The number of carboxylic acid groups (broad SMARTS) is 1. The number of carbonyl (C=O) groups excluding carboxylic acids is 2. The maximum absolute atomic E-state index is 13.2. The van der Waals surface area contributed by atoms with Crippen LogP contribution in [0.1, 0.15) is 16.8 Å². The van der Waals surface area contributed by atoms with Gasteiger partial charge in [0.15, 0.2) is 4.32 Å². The molecule has 1 atom stereocenters. The van der Waals surface area contributed by atoms with Gasteiger partial charge in [-0.25, -0.2) is 20.2 Å². The molecular weight excluding hydrogens is 578 g/mol. The second kappa shape index (κ2) is 11.7. The largest absolute Gasteiger partial charge is 0.480 e. The third-order valence-corrected chi connectivity index (χ3v) is 6.24. The summed E-state index contributed by atoms with van der Waals surface area (Å²) in [6.45, 7) is -1.46. The van der Waals surface area contributed by atoms with Crippen molar-refractivity contribution in [2.24, 2.45) is 0 Å². The Morgan fingerprint density at radius 3 is 2.26 bits per heavy atom. The highest BCUT2D eigenvalue weighted by Crippen LogP contribution is 2.38. The number of hydrogen-bond donors (Lipinski definition) is 4. The van der Waals surface area contributed by atoms with E-state index in [4.69, 9.17) is 22.4 Å². The zero-order valence-corrected chi connectivity index (χ0v) is 20.8. The van der Waals surface area contributed by atoms with E-state index in [1.54, 1.807) is 0 Å². The number of carboxylic acids is 1. The van der Waals surface area contributed by atoms with Gasteiger partial charge >= 0.3 is 18.3 Å². The third-order valence-electron chi connectivity index (χ3n) is 4.94. The molecule has 0 saturated carbocycles. The SMILES string of the molecule is O=C(CNN1C(=O)/C(=C/c2cccc(-c3cc(C(F)(F)F)cc(C(F)(F)F)c3)n2)SC1=S)N[C@@H](CO)C(=O)O. The molecule has 39 heavy (non-hydrogen) atoms. The van der Waals surface area contributed by atoms with Crippen LogP contribution >= 0.6 is 24.0 Å². The Kier molecular flexibility index (Phi) is 8.99. The van der Waals surface area contributed by atoms with Crippen LogP contribution in [-0.4, -0.2) is 61.5 Å². The molecule has 0 spiro atoms. The van der Waals surface area contributed by atoms with Gasteiger partial charge in [0.05, 0.1) is 40.6 Å². The molecule has 1 saturated heterocycles. The van der Waals surface area contributed by atoms with E-state index in [1.165, 1.54) is 24.3 Å². The summed E-state index contributed by atoms with van der Waals surface area (Å²) in [5, 5.41) is 20.6. The van der Waals surface area contributed by atoms with Crippen molar-refractivity contribution in [2.75, 3.05) is 13.2 Å². The monoisotopic (exact) mass is 594 g/mol. The number of thiocarbonyl (C=S) groups is 1. The fraction of sp³-hybridized carbons (Fsp3) is 0.227. The first-order chi connectivity index (χ1) is 18.1. The third kappa shape index (κ3) is 7.53. The lowest BCUT2D eigenvalue weighted by Crippen LogP contribution is -2.50. The van der Waals surface area contributed by atoms with E-state index >= 15 is 0 Å². The van der Waals surface area contributed by atoms with Crippen LogP contribution in [0.15, 0.2) is 41.3 Å². The van der Waals surface area contributed by atoms with E-state index in [-0.39, 0.29) is 26.7 Å². The smallest absolute Gasteiger partial charge is 0.416 e. The van der Waals surface area contributed by atoms with Crippen molar-refractivity contribution in [3.63, 3.8) is 0 Å². The Bertz CT molecular complexity index is 1320. The fourth-order valence-corrected chi connectivity index (χ4v) is 4.32. The van der Waals surface area contributed by atoms with E-state index < -0.39 is 66.0 Å². The van der Waals surface area contributed by atoms with E-state index in [9.17, 15) is 40.7 Å². The Morgan fingerprint density at radius 1 is 1.10 bits per heavy atom. The first-order valence-electron chi connectivity index (χ1n) is 10.5. The number of halogens is 6. The lowest BCUT2D eigenvalue weighted by Gasteiger charge is -2.17. The number of hydrazine groups is 1. The molecule has 2 amide bonds. The van der Waals surface area contributed by atoms with Crippen LogP contribution in [0.4, 0.5) is 26.3 Å². The fourth-order valence-electron chi connectivity index (χ4n) is 3.12. The van der Waals surface area contributed by atoms with Crippen molar-refractivity contribution in [1.29, 1.82) is 0 Å². The summed E-state index contributed by atoms with van der Waals surface area (Å²) in [5.74, 6) is -3.10. The molecule has 0 aliphatic carbocycles. The van der Waals surface area contributed by atoms with Crippen molar-refractivity contribution < 1.29 is 50.9 Å². The highest BCUT2D eigenvalue weighted by molar-refractivity contribution is 8.26. The number of nitrogens with zero attached hydrogens (tertiary/aromatic N) is 2. The molecule has 1 fully saturated rings. The topological polar surface area (TPSA) is 132 Å². The van der Waals surface area contributed by atoms with Crippen molar-refractivity contribution in [3.8, 4) is 11.3 Å². The van der Waals surface area contributed by atoms with Crippen LogP contribution in [0.3, 0.4) is 0 Å². The van der Waals surface area contributed by atoms with Gasteiger partial charge in [0, 0.05) is 5.56 Å². The maximum atomic E-state index is 13.2. The minimum Gasteiger partial charge on any atom is -0.480 e. The van der Waals surface area contributed by atoms with Gasteiger partial charge in [-0.15, -0.1) is 0 Å². The second-order valence-corrected chi connectivity index (χ2v) is 9.41. The van der Waals surface area contributed by atoms with Crippen LogP contribution in [0.2, 0.25) is 0 Å². The standard InChI is InChI=1S/C22H16F6N4O5S2/c23-21(24,25)11-4-10(5-12(6-11)22(26,27)28)14-3-1-2-13(30-14)7-16-18(35)32(20(38)39-16)29-8-17(34)31-15(9-33)19(36)37/h1-7,15,29,33H,8-9H2,(H,31,34)(H,36,37)/b16-7-/t15-/m0/s1. The number of aliphatic hydroxyl groups excluding tert-OH is 1. The molecule has 3 rings (SSSR count). The summed E-state index contributed by atoms with van der Waals surface area (Å²) >= 11 is 5.85. The van der Waals surface area contributed by atoms with Crippen LogP contribution in [0.25, 0.3) is 17.3 Å². The molecule has 1 aliphatic heterocycles.